The smallest absolute Gasteiger partial charge is 0.462 e. The predicted octanol–water partition coefficient (Wildman–Crippen LogP) is 21.6. The number of aliphatic hydroxyl groups excluding tert-OH is 1. The highest BCUT2D eigenvalue weighted by atomic mass is 31.2. The Morgan fingerprint density at radius 2 is 0.548 bits per heavy atom. The first kappa shape index (κ1) is 91.1. The molecule has 0 aliphatic heterocycles. The van der Waals surface area contributed by atoms with Gasteiger partial charge in [-0.3, -0.25) is 37.3 Å². The fourth-order valence-corrected chi connectivity index (χ4v) is 12.8. The lowest BCUT2D eigenvalue weighted by atomic mass is 10.00. The van der Waals surface area contributed by atoms with Crippen molar-refractivity contribution in [3.8, 4) is 0 Å². The molecule has 17 nitrogen and oxygen atoms in total. The highest BCUT2D eigenvalue weighted by Crippen LogP contribution is 2.45. The van der Waals surface area contributed by atoms with Gasteiger partial charge in [0.15, 0.2) is 12.2 Å². The van der Waals surface area contributed by atoms with Crippen LogP contribution in [-0.4, -0.2) is 96.7 Å². The molecule has 0 fully saturated rings. The number of carbonyl (C=O) groups is 4. The van der Waals surface area contributed by atoms with E-state index in [9.17, 15) is 43.2 Å². The van der Waals surface area contributed by atoms with Gasteiger partial charge in [0.05, 0.1) is 26.4 Å². The van der Waals surface area contributed by atoms with Crippen molar-refractivity contribution in [1.82, 2.24) is 0 Å². The van der Waals surface area contributed by atoms with Gasteiger partial charge in [-0.2, -0.15) is 0 Å². The molecule has 0 aliphatic carbocycles. The van der Waals surface area contributed by atoms with E-state index in [2.05, 4.69) is 41.5 Å². The van der Waals surface area contributed by atoms with Crippen molar-refractivity contribution in [2.24, 2.45) is 11.8 Å². The molecule has 0 spiro atoms. The lowest BCUT2D eigenvalue weighted by molar-refractivity contribution is -0.161. The zero-order valence-corrected chi connectivity index (χ0v) is 62.3. The van der Waals surface area contributed by atoms with Crippen LogP contribution in [0.5, 0.6) is 0 Å². The summed E-state index contributed by atoms with van der Waals surface area (Å²) >= 11 is 0. The number of carbonyl (C=O) groups excluding carboxylic acids is 4. The second kappa shape index (κ2) is 66.0. The van der Waals surface area contributed by atoms with Gasteiger partial charge >= 0.3 is 39.5 Å². The van der Waals surface area contributed by atoms with E-state index in [1.54, 1.807) is 0 Å². The van der Waals surface area contributed by atoms with Crippen molar-refractivity contribution >= 4 is 39.5 Å². The SMILES string of the molecule is CCCCCCCCCCCCCCCCCCCCCCCC(=O)O[C@H](COC(=O)CCCCCCCCCCCCCCC)COP(=O)(O)OC[C@@H](O)COP(=O)(O)OC[C@@H](COC(=O)CCCCCCCCC(C)C)OC(=O)CCCCCCCCC(C)CC. The summed E-state index contributed by atoms with van der Waals surface area (Å²) in [6.45, 7) is 9.44. The maximum absolute atomic E-state index is 13.1. The summed E-state index contributed by atoms with van der Waals surface area (Å²) < 4.78 is 68.3. The molecule has 0 aliphatic rings. The van der Waals surface area contributed by atoms with Crippen molar-refractivity contribution in [3.63, 3.8) is 0 Å². The zero-order chi connectivity index (χ0) is 68.6. The fraction of sp³-hybridized carbons (Fsp3) is 0.946. The zero-order valence-electron chi connectivity index (χ0n) is 60.6. The van der Waals surface area contributed by atoms with Crippen LogP contribution in [0.3, 0.4) is 0 Å². The van der Waals surface area contributed by atoms with Gasteiger partial charge in [-0.05, 0) is 37.5 Å². The maximum Gasteiger partial charge on any atom is 0.472 e. The lowest BCUT2D eigenvalue weighted by Crippen LogP contribution is -2.30. The minimum Gasteiger partial charge on any atom is -0.462 e. The summed E-state index contributed by atoms with van der Waals surface area (Å²) in [5.74, 6) is -0.725. The van der Waals surface area contributed by atoms with Crippen LogP contribution < -0.4 is 0 Å². The number of phosphoric acid groups is 2. The molecule has 0 aromatic carbocycles. The number of aliphatic hydroxyl groups is 1. The summed E-state index contributed by atoms with van der Waals surface area (Å²) in [6, 6.07) is 0. The van der Waals surface area contributed by atoms with E-state index in [0.717, 1.165) is 102 Å². The molecule has 6 atom stereocenters. The molecule has 0 aromatic rings. The van der Waals surface area contributed by atoms with Crippen LogP contribution in [0.15, 0.2) is 0 Å². The molecule has 0 bridgehead atoms. The van der Waals surface area contributed by atoms with E-state index < -0.39 is 97.5 Å². The van der Waals surface area contributed by atoms with Gasteiger partial charge in [-0.1, -0.05) is 330 Å². The summed E-state index contributed by atoms with van der Waals surface area (Å²) in [7, 11) is -9.90. The summed E-state index contributed by atoms with van der Waals surface area (Å²) in [5.41, 5.74) is 0. The summed E-state index contributed by atoms with van der Waals surface area (Å²) in [5, 5.41) is 10.6. The first-order valence-electron chi connectivity index (χ1n) is 38.5. The van der Waals surface area contributed by atoms with Crippen molar-refractivity contribution in [2.75, 3.05) is 39.6 Å². The van der Waals surface area contributed by atoms with Crippen molar-refractivity contribution < 1.29 is 80.2 Å². The standard InChI is InChI=1S/C74H144O17P2/c1-7-10-12-14-16-18-20-22-23-24-25-26-27-28-29-31-33-35-37-46-52-58-73(78)90-69(62-84-71(76)56-50-44-36-34-32-30-21-19-17-15-13-11-8-2)64-88-92(80,81)86-60-68(75)61-87-93(82,83)89-65-70(63-85-72(77)57-51-45-40-38-42-48-54-66(4)5)91-74(79)59-53-47-41-39-43-49-55-67(6)9-3/h66-70,75H,7-65H2,1-6H3,(H,80,81)(H,82,83)/t67?,68-,69-,70-/m1/s1. The van der Waals surface area contributed by atoms with Gasteiger partial charge in [0.25, 0.3) is 0 Å². The van der Waals surface area contributed by atoms with E-state index in [0.29, 0.717) is 31.6 Å². The number of ether oxygens (including phenoxy) is 4. The van der Waals surface area contributed by atoms with E-state index in [4.69, 9.17) is 37.0 Å². The highest BCUT2D eigenvalue weighted by molar-refractivity contribution is 7.47. The fourth-order valence-electron chi connectivity index (χ4n) is 11.3. The average Bonchev–Trinajstić information content (AvgIpc) is 3.15. The van der Waals surface area contributed by atoms with Crippen LogP contribution in [0.1, 0.15) is 382 Å². The first-order chi connectivity index (χ1) is 44.9. The average molecular weight is 1370 g/mol. The molecule has 0 heterocycles. The van der Waals surface area contributed by atoms with Gasteiger partial charge in [-0.15, -0.1) is 0 Å². The molecule has 0 radical (unpaired) electrons. The Bertz CT molecular complexity index is 1810. The summed E-state index contributed by atoms with van der Waals surface area (Å²) in [6.07, 6.45) is 53.1. The third-order valence-corrected chi connectivity index (χ3v) is 19.5. The lowest BCUT2D eigenvalue weighted by Gasteiger charge is -2.21. The molecule has 19 heteroatoms. The van der Waals surface area contributed by atoms with Gasteiger partial charge < -0.3 is 33.8 Å². The van der Waals surface area contributed by atoms with Crippen LogP contribution in [-0.2, 0) is 65.4 Å². The second-order valence-corrected chi connectivity index (χ2v) is 30.3. The number of hydrogen-bond donors (Lipinski definition) is 3. The van der Waals surface area contributed by atoms with E-state index >= 15 is 0 Å². The number of hydrogen-bond acceptors (Lipinski definition) is 15. The van der Waals surface area contributed by atoms with E-state index in [1.165, 1.54) is 193 Å². The Hall–Kier alpha value is -1.94. The van der Waals surface area contributed by atoms with Crippen LogP contribution in [0.4, 0.5) is 0 Å². The van der Waals surface area contributed by atoms with Gasteiger partial charge in [0.1, 0.15) is 19.3 Å². The minimum absolute atomic E-state index is 0.102. The number of rotatable bonds is 73. The number of unbranched alkanes of at least 4 members (excludes halogenated alkanes) is 42. The van der Waals surface area contributed by atoms with Crippen LogP contribution in [0, 0.1) is 11.8 Å². The van der Waals surface area contributed by atoms with Crippen LogP contribution >= 0.6 is 15.6 Å². The van der Waals surface area contributed by atoms with Crippen LogP contribution in [0.2, 0.25) is 0 Å². The molecule has 552 valence electrons. The minimum atomic E-state index is -4.95. The normalized spacial score (nSPS) is 14.3. The van der Waals surface area contributed by atoms with Crippen molar-refractivity contribution in [2.45, 2.75) is 400 Å². The highest BCUT2D eigenvalue weighted by Gasteiger charge is 2.30. The van der Waals surface area contributed by atoms with Crippen LogP contribution in [0.25, 0.3) is 0 Å². The Labute approximate surface area is 568 Å². The molecular formula is C74H144O17P2. The van der Waals surface area contributed by atoms with Crippen molar-refractivity contribution in [3.05, 3.63) is 0 Å². The molecular weight excluding hydrogens is 1220 g/mol. The third-order valence-electron chi connectivity index (χ3n) is 17.6. The quantitative estimate of drug-likeness (QED) is 0.0222. The van der Waals surface area contributed by atoms with E-state index in [1.807, 2.05) is 0 Å². The Balaban J connectivity index is 5.18. The molecule has 0 rings (SSSR count). The molecule has 0 saturated carbocycles. The Morgan fingerprint density at radius 1 is 0.312 bits per heavy atom. The molecule has 0 amide bonds. The first-order valence-corrected chi connectivity index (χ1v) is 41.5. The van der Waals surface area contributed by atoms with Gasteiger partial charge in [0.2, 0.25) is 0 Å². The molecule has 0 saturated heterocycles. The van der Waals surface area contributed by atoms with E-state index in [-0.39, 0.29) is 25.7 Å². The molecule has 3 N–H and O–H groups in total. The predicted molar refractivity (Wildman–Crippen MR) is 377 cm³/mol. The topological polar surface area (TPSA) is 237 Å². The maximum atomic E-state index is 13.1. The Morgan fingerprint density at radius 3 is 0.817 bits per heavy atom. The second-order valence-electron chi connectivity index (χ2n) is 27.4. The monoisotopic (exact) mass is 1370 g/mol. The Kier molecular flexibility index (Phi) is 64.6. The molecule has 93 heavy (non-hydrogen) atoms. The van der Waals surface area contributed by atoms with Crippen molar-refractivity contribution in [1.29, 1.82) is 0 Å². The molecule has 0 aromatic heterocycles. The third kappa shape index (κ3) is 67.0. The molecule has 3 unspecified atom stereocenters. The van der Waals surface area contributed by atoms with Gasteiger partial charge in [0, 0.05) is 25.7 Å². The summed E-state index contributed by atoms with van der Waals surface area (Å²) in [4.78, 5) is 72.6. The number of phosphoric ester groups is 2. The largest absolute Gasteiger partial charge is 0.472 e. The number of esters is 4. The van der Waals surface area contributed by atoms with Gasteiger partial charge in [-0.25, -0.2) is 9.13 Å².